The van der Waals surface area contributed by atoms with E-state index in [9.17, 15) is 24.8 Å². The molecular formula is C26H29N5O5. The summed E-state index contributed by atoms with van der Waals surface area (Å²) in [5.74, 6) is -1.98. The first-order chi connectivity index (χ1) is 17.3. The van der Waals surface area contributed by atoms with Crippen molar-refractivity contribution in [3.63, 3.8) is 0 Å². The molecule has 0 saturated carbocycles. The van der Waals surface area contributed by atoms with Gasteiger partial charge < -0.3 is 30.2 Å². The quantitative estimate of drug-likeness (QED) is 0.286. The SMILES string of the molecule is CC(=O)NC(=Cc1ccc(C#N)cc1OCCNC(=O)C1CCN(c2cc[n+](C)cc2)CC1)C(=O)[O-]. The number of ether oxygens (including phenoxy) is 1. The molecule has 1 saturated heterocycles. The summed E-state index contributed by atoms with van der Waals surface area (Å²) in [7, 11) is 1.97. The molecule has 1 aliphatic heterocycles. The van der Waals surface area contributed by atoms with Crippen molar-refractivity contribution in [1.82, 2.24) is 10.6 Å². The van der Waals surface area contributed by atoms with Gasteiger partial charge in [0.1, 0.15) is 19.4 Å². The molecule has 0 atom stereocenters. The number of benzene rings is 1. The number of nitrogens with one attached hydrogen (secondary N) is 2. The number of nitriles is 1. The van der Waals surface area contributed by atoms with Gasteiger partial charge in [0.15, 0.2) is 12.4 Å². The summed E-state index contributed by atoms with van der Waals surface area (Å²) in [4.78, 5) is 37.5. The number of anilines is 1. The summed E-state index contributed by atoms with van der Waals surface area (Å²) >= 11 is 0. The number of aliphatic carboxylic acids is 1. The zero-order valence-electron chi connectivity index (χ0n) is 20.3. The van der Waals surface area contributed by atoms with Gasteiger partial charge in [-0.05, 0) is 37.1 Å². The van der Waals surface area contributed by atoms with E-state index in [0.29, 0.717) is 11.1 Å². The van der Waals surface area contributed by atoms with Crippen LogP contribution in [0.25, 0.3) is 6.08 Å². The molecule has 10 nitrogen and oxygen atoms in total. The Balaban J connectivity index is 1.53. The Labute approximate surface area is 209 Å². The Morgan fingerprint density at radius 1 is 1.22 bits per heavy atom. The second-order valence-corrected chi connectivity index (χ2v) is 8.51. The van der Waals surface area contributed by atoms with Crippen LogP contribution in [0.1, 0.15) is 30.9 Å². The first-order valence-electron chi connectivity index (χ1n) is 11.6. The van der Waals surface area contributed by atoms with Crippen molar-refractivity contribution < 1.29 is 28.8 Å². The topological polar surface area (TPSA) is 138 Å². The fourth-order valence-electron chi connectivity index (χ4n) is 3.92. The lowest BCUT2D eigenvalue weighted by Crippen LogP contribution is -2.41. The standard InChI is InChI=1S/C26H29N5O5/c1-18(32)29-23(26(34)35)16-21-4-3-19(17-27)15-24(21)36-14-9-28-25(33)20-5-12-31(13-6-20)22-7-10-30(2)11-8-22/h3-4,7-8,10-11,15-16,20H,5-6,9,12-14H2,1-2H3,(H2-,28,29,32,33,34,35). The van der Waals surface area contributed by atoms with E-state index in [0.717, 1.165) is 31.6 Å². The largest absolute Gasteiger partial charge is 0.543 e. The average Bonchev–Trinajstić information content (AvgIpc) is 2.87. The molecule has 2 amide bonds. The molecule has 188 valence electrons. The molecule has 36 heavy (non-hydrogen) atoms. The van der Waals surface area contributed by atoms with Crippen LogP contribution in [0.15, 0.2) is 48.4 Å². The van der Waals surface area contributed by atoms with Crippen molar-refractivity contribution >= 4 is 29.5 Å². The number of amides is 2. The number of nitrogens with zero attached hydrogens (tertiary/aromatic N) is 3. The van der Waals surface area contributed by atoms with Gasteiger partial charge in [0.25, 0.3) is 0 Å². The van der Waals surface area contributed by atoms with E-state index in [-0.39, 0.29) is 30.7 Å². The highest BCUT2D eigenvalue weighted by Gasteiger charge is 2.25. The monoisotopic (exact) mass is 491 g/mol. The maximum absolute atomic E-state index is 12.6. The number of aromatic nitrogens is 1. The third-order valence-electron chi connectivity index (χ3n) is 5.82. The smallest absolute Gasteiger partial charge is 0.223 e. The van der Waals surface area contributed by atoms with Crippen LogP contribution in [0.2, 0.25) is 0 Å². The molecule has 0 bridgehead atoms. The summed E-state index contributed by atoms with van der Waals surface area (Å²) in [5.41, 5.74) is 1.38. The maximum atomic E-state index is 12.6. The van der Waals surface area contributed by atoms with Gasteiger partial charge >= 0.3 is 0 Å². The third-order valence-corrected chi connectivity index (χ3v) is 5.82. The molecule has 1 aliphatic rings. The zero-order valence-corrected chi connectivity index (χ0v) is 20.3. The van der Waals surface area contributed by atoms with E-state index >= 15 is 0 Å². The molecule has 1 aromatic heterocycles. The molecule has 1 fully saturated rings. The van der Waals surface area contributed by atoms with Crippen molar-refractivity contribution in [2.24, 2.45) is 13.0 Å². The zero-order chi connectivity index (χ0) is 26.1. The van der Waals surface area contributed by atoms with E-state index in [2.05, 4.69) is 27.7 Å². The Morgan fingerprint density at radius 3 is 2.53 bits per heavy atom. The highest BCUT2D eigenvalue weighted by Crippen LogP contribution is 2.24. The first-order valence-corrected chi connectivity index (χ1v) is 11.6. The summed E-state index contributed by atoms with van der Waals surface area (Å²) in [6.45, 7) is 3.14. The van der Waals surface area contributed by atoms with Gasteiger partial charge in [-0.2, -0.15) is 5.26 Å². The maximum Gasteiger partial charge on any atom is 0.223 e. The number of carbonyl (C=O) groups excluding carboxylic acids is 3. The number of aryl methyl sites for hydroxylation is 1. The molecule has 10 heteroatoms. The van der Waals surface area contributed by atoms with E-state index in [1.165, 1.54) is 31.2 Å². The van der Waals surface area contributed by atoms with Crippen molar-refractivity contribution in [3.8, 4) is 11.8 Å². The van der Waals surface area contributed by atoms with Crippen LogP contribution in [-0.2, 0) is 21.4 Å². The molecule has 0 radical (unpaired) electrons. The van der Waals surface area contributed by atoms with Crippen LogP contribution < -0.4 is 29.9 Å². The van der Waals surface area contributed by atoms with Crippen LogP contribution >= 0.6 is 0 Å². The lowest BCUT2D eigenvalue weighted by atomic mass is 9.95. The molecular weight excluding hydrogens is 462 g/mol. The number of hydrogen-bond acceptors (Lipinski definition) is 7. The van der Waals surface area contributed by atoms with E-state index in [1.54, 1.807) is 0 Å². The average molecular weight is 492 g/mol. The minimum absolute atomic E-state index is 0.0338. The summed E-state index contributed by atoms with van der Waals surface area (Å²) in [6, 6.07) is 10.6. The van der Waals surface area contributed by atoms with Crippen LogP contribution in [0.4, 0.5) is 5.69 Å². The number of piperidine rings is 1. The lowest BCUT2D eigenvalue weighted by Gasteiger charge is -2.32. The fraction of sp³-hybridized carbons (Fsp3) is 0.346. The molecule has 2 heterocycles. The Kier molecular flexibility index (Phi) is 9.00. The van der Waals surface area contributed by atoms with Crippen molar-refractivity contribution in [2.45, 2.75) is 19.8 Å². The van der Waals surface area contributed by atoms with Gasteiger partial charge in [0, 0.05) is 49.3 Å². The minimum atomic E-state index is -1.56. The normalized spacial score (nSPS) is 14.0. The molecule has 2 aromatic rings. The highest BCUT2D eigenvalue weighted by atomic mass is 16.5. The lowest BCUT2D eigenvalue weighted by molar-refractivity contribution is -0.671. The summed E-state index contributed by atoms with van der Waals surface area (Å²) in [6.07, 6.45) is 6.71. The van der Waals surface area contributed by atoms with Gasteiger partial charge in [-0.15, -0.1) is 0 Å². The van der Waals surface area contributed by atoms with E-state index < -0.39 is 17.6 Å². The summed E-state index contributed by atoms with van der Waals surface area (Å²) < 4.78 is 7.72. The number of hydrogen-bond donors (Lipinski definition) is 2. The van der Waals surface area contributed by atoms with Gasteiger partial charge in [0.05, 0.1) is 29.8 Å². The molecule has 3 rings (SSSR count). The van der Waals surface area contributed by atoms with Crippen LogP contribution in [0, 0.1) is 17.2 Å². The number of carboxylic acid groups (broad SMARTS) is 1. The van der Waals surface area contributed by atoms with Crippen LogP contribution in [0.5, 0.6) is 5.75 Å². The first kappa shape index (κ1) is 26.2. The molecule has 0 spiro atoms. The van der Waals surface area contributed by atoms with E-state index in [4.69, 9.17) is 4.74 Å². The third kappa shape index (κ3) is 7.30. The number of carbonyl (C=O) groups is 3. The number of carboxylic acids is 1. The molecule has 0 unspecified atom stereocenters. The van der Waals surface area contributed by atoms with Gasteiger partial charge in [-0.3, -0.25) is 9.59 Å². The second kappa shape index (κ2) is 12.4. The predicted molar refractivity (Wildman–Crippen MR) is 129 cm³/mol. The predicted octanol–water partition coefficient (Wildman–Crippen LogP) is 0.0213. The second-order valence-electron chi connectivity index (χ2n) is 8.51. The van der Waals surface area contributed by atoms with Gasteiger partial charge in [0.2, 0.25) is 11.8 Å². The molecule has 0 aliphatic carbocycles. The minimum Gasteiger partial charge on any atom is -0.543 e. The van der Waals surface area contributed by atoms with Gasteiger partial charge in [-0.25, -0.2) is 4.57 Å². The van der Waals surface area contributed by atoms with Crippen LogP contribution in [-0.4, -0.2) is 44.0 Å². The van der Waals surface area contributed by atoms with Crippen molar-refractivity contribution in [3.05, 3.63) is 59.5 Å². The fourth-order valence-corrected chi connectivity index (χ4v) is 3.92. The van der Waals surface area contributed by atoms with Crippen molar-refractivity contribution in [2.75, 3.05) is 31.1 Å². The Morgan fingerprint density at radius 2 is 1.92 bits per heavy atom. The Bertz CT molecular complexity index is 1180. The van der Waals surface area contributed by atoms with Gasteiger partial charge in [-0.1, -0.05) is 0 Å². The number of rotatable bonds is 9. The molecule has 1 aromatic carbocycles. The van der Waals surface area contributed by atoms with Crippen LogP contribution in [0.3, 0.4) is 0 Å². The highest BCUT2D eigenvalue weighted by molar-refractivity contribution is 5.95. The van der Waals surface area contributed by atoms with Crippen molar-refractivity contribution in [1.29, 1.82) is 5.26 Å². The number of pyridine rings is 1. The van der Waals surface area contributed by atoms with E-state index in [1.807, 2.05) is 30.1 Å². The Hall–Kier alpha value is -4.39. The molecule has 2 N–H and O–H groups in total. The summed E-state index contributed by atoms with van der Waals surface area (Å²) in [5, 5.41) is 25.6.